The summed E-state index contributed by atoms with van der Waals surface area (Å²) in [6.07, 6.45) is 0. The van der Waals surface area contributed by atoms with Gasteiger partial charge in [-0.3, -0.25) is 9.79 Å². The summed E-state index contributed by atoms with van der Waals surface area (Å²) in [6.45, 7) is 0. The highest BCUT2D eigenvalue weighted by atomic mass is 79.9. The van der Waals surface area contributed by atoms with Crippen LogP contribution in [0.3, 0.4) is 0 Å². The molecule has 0 aliphatic heterocycles. The van der Waals surface area contributed by atoms with E-state index in [1.165, 1.54) is 4.68 Å². The minimum atomic E-state index is -0.0850. The summed E-state index contributed by atoms with van der Waals surface area (Å²) in [6, 6.07) is 5.51. The molecule has 3 rings (SSSR count). The van der Waals surface area contributed by atoms with E-state index in [2.05, 4.69) is 31.0 Å². The highest BCUT2D eigenvalue weighted by Crippen LogP contribution is 2.34. The number of ketones is 1. The maximum Gasteiger partial charge on any atom is 0.241 e. The van der Waals surface area contributed by atoms with E-state index in [-0.39, 0.29) is 5.78 Å². The first-order valence-corrected chi connectivity index (χ1v) is 6.14. The monoisotopic (exact) mass is 304 g/mol. The number of rotatable bonds is 0. The number of hydrogen-bond acceptors (Lipinski definition) is 4. The maximum atomic E-state index is 12.2. The smallest absolute Gasteiger partial charge is 0.241 e. The van der Waals surface area contributed by atoms with Crippen LogP contribution in [0.5, 0.6) is 0 Å². The van der Waals surface area contributed by atoms with Gasteiger partial charge in [-0.25, -0.2) is 9.67 Å². The van der Waals surface area contributed by atoms with E-state index < -0.39 is 0 Å². The average Bonchev–Trinajstić information content (AvgIpc) is 2.61. The molecule has 0 bridgehead atoms. The average molecular weight is 305 g/mol. The summed E-state index contributed by atoms with van der Waals surface area (Å²) in [5.74, 6) is -0.0850. The predicted molar refractivity (Wildman–Crippen MR) is 69.1 cm³/mol. The van der Waals surface area contributed by atoms with Gasteiger partial charge in [-0.2, -0.15) is 5.10 Å². The molecule has 0 unspecified atom stereocenters. The summed E-state index contributed by atoms with van der Waals surface area (Å²) >= 11 is 3.40. The lowest BCUT2D eigenvalue weighted by molar-refractivity contribution is 0.103. The molecule has 90 valence electrons. The highest BCUT2D eigenvalue weighted by molar-refractivity contribution is 9.10. The molecule has 0 saturated carbocycles. The van der Waals surface area contributed by atoms with Crippen molar-refractivity contribution in [1.29, 1.82) is 0 Å². The van der Waals surface area contributed by atoms with Crippen LogP contribution in [0.2, 0.25) is 0 Å². The van der Waals surface area contributed by atoms with Crippen LogP contribution in [0.25, 0.3) is 11.3 Å². The van der Waals surface area contributed by atoms with Crippen molar-refractivity contribution in [3.05, 3.63) is 39.5 Å². The Kier molecular flexibility index (Phi) is 2.41. The quantitative estimate of drug-likeness (QED) is 0.629. The number of halogens is 1. The predicted octanol–water partition coefficient (Wildman–Crippen LogP) is 1.32. The minimum absolute atomic E-state index is 0.0850. The van der Waals surface area contributed by atoms with Gasteiger partial charge >= 0.3 is 0 Å². The van der Waals surface area contributed by atoms with Crippen LogP contribution < -0.4 is 5.62 Å². The zero-order valence-electron chi connectivity index (χ0n) is 9.81. The number of aromatic nitrogens is 3. The molecule has 1 aliphatic rings. The van der Waals surface area contributed by atoms with E-state index >= 15 is 0 Å². The fourth-order valence-electron chi connectivity index (χ4n) is 2.04. The summed E-state index contributed by atoms with van der Waals surface area (Å²) in [7, 11) is 3.37. The summed E-state index contributed by atoms with van der Waals surface area (Å²) in [5.41, 5.74) is 2.94. The fourth-order valence-corrected chi connectivity index (χ4v) is 2.40. The van der Waals surface area contributed by atoms with Gasteiger partial charge in [0.1, 0.15) is 5.69 Å². The topological polar surface area (TPSA) is 60.1 Å². The van der Waals surface area contributed by atoms with Gasteiger partial charge in [0.25, 0.3) is 0 Å². The Hall–Kier alpha value is -1.82. The molecule has 0 amide bonds. The van der Waals surface area contributed by atoms with Crippen molar-refractivity contribution in [2.75, 3.05) is 7.05 Å². The van der Waals surface area contributed by atoms with Gasteiger partial charge in [-0.1, -0.05) is 15.9 Å². The minimum Gasteiger partial charge on any atom is -0.287 e. The molecule has 5 nitrogen and oxygen atoms in total. The number of hydrogen-bond donors (Lipinski definition) is 0. The lowest BCUT2D eigenvalue weighted by Crippen LogP contribution is -2.26. The van der Waals surface area contributed by atoms with Crippen LogP contribution in [0.1, 0.15) is 16.1 Å². The van der Waals surface area contributed by atoms with E-state index in [0.717, 1.165) is 10.0 Å². The van der Waals surface area contributed by atoms with Gasteiger partial charge in [0.15, 0.2) is 5.69 Å². The third-order valence-corrected chi connectivity index (χ3v) is 3.37. The third kappa shape index (κ3) is 1.45. The molecule has 0 saturated heterocycles. The van der Waals surface area contributed by atoms with Gasteiger partial charge in [0.2, 0.25) is 11.4 Å². The van der Waals surface area contributed by atoms with Crippen LogP contribution in [-0.4, -0.2) is 27.6 Å². The molecule has 6 heteroatoms. The Morgan fingerprint density at radius 2 is 2.06 bits per heavy atom. The van der Waals surface area contributed by atoms with Crippen LogP contribution >= 0.6 is 15.9 Å². The zero-order chi connectivity index (χ0) is 12.9. The Labute approximate surface area is 111 Å². The van der Waals surface area contributed by atoms with Gasteiger partial charge in [0, 0.05) is 29.7 Å². The number of carbonyl (C=O) groups is 1. The largest absolute Gasteiger partial charge is 0.287 e. The number of fused-ring (bicyclic) bond motifs is 3. The van der Waals surface area contributed by atoms with E-state index in [1.807, 2.05) is 12.1 Å². The van der Waals surface area contributed by atoms with Crippen molar-refractivity contribution in [1.82, 2.24) is 14.8 Å². The molecule has 0 N–H and O–H groups in total. The van der Waals surface area contributed by atoms with Gasteiger partial charge < -0.3 is 0 Å². The standard InChI is InChI=1S/C12H9BrN4O/c1-14-12-15-9-8-5-6(13)3-4-7(8)11(18)10(9)16-17(12)2/h3-5H,1-2H3. The van der Waals surface area contributed by atoms with E-state index in [1.54, 1.807) is 20.2 Å². The molecular formula is C12H9BrN4O. The molecule has 2 aromatic rings. The lowest BCUT2D eigenvalue weighted by atomic mass is 10.1. The molecule has 1 aromatic carbocycles. The van der Waals surface area contributed by atoms with Crippen LogP contribution in [0, 0.1) is 0 Å². The molecule has 0 fully saturated rings. The lowest BCUT2D eigenvalue weighted by Gasteiger charge is -2.01. The Balaban J connectivity index is 2.40. The number of nitrogens with zero attached hydrogens (tertiary/aromatic N) is 4. The van der Waals surface area contributed by atoms with Crippen molar-refractivity contribution in [2.24, 2.45) is 12.0 Å². The molecular weight excluding hydrogens is 296 g/mol. The van der Waals surface area contributed by atoms with Crippen LogP contribution in [0.15, 0.2) is 27.7 Å². The SMILES string of the molecule is CN=c1nc2c(nn1C)C(=O)c1ccc(Br)cc1-2. The highest BCUT2D eigenvalue weighted by Gasteiger charge is 2.30. The van der Waals surface area contributed by atoms with Gasteiger partial charge in [-0.15, -0.1) is 0 Å². The Morgan fingerprint density at radius 1 is 1.28 bits per heavy atom. The molecule has 1 heterocycles. The first-order chi connectivity index (χ1) is 8.61. The molecule has 1 aromatic heterocycles. The molecule has 0 atom stereocenters. The van der Waals surface area contributed by atoms with E-state index in [4.69, 9.17) is 0 Å². The van der Waals surface area contributed by atoms with Crippen LogP contribution in [0.4, 0.5) is 0 Å². The summed E-state index contributed by atoms with van der Waals surface area (Å²) in [5, 5.41) is 4.25. The summed E-state index contributed by atoms with van der Waals surface area (Å²) < 4.78 is 2.42. The van der Waals surface area contributed by atoms with Crippen molar-refractivity contribution in [3.8, 4) is 11.3 Å². The fraction of sp³-hybridized carbons (Fsp3) is 0.167. The van der Waals surface area contributed by atoms with Crippen LogP contribution in [-0.2, 0) is 7.05 Å². The second kappa shape index (κ2) is 3.84. The third-order valence-electron chi connectivity index (χ3n) is 2.87. The zero-order valence-corrected chi connectivity index (χ0v) is 11.4. The molecule has 18 heavy (non-hydrogen) atoms. The van der Waals surface area contributed by atoms with Crippen molar-refractivity contribution in [3.63, 3.8) is 0 Å². The first-order valence-electron chi connectivity index (χ1n) is 5.34. The van der Waals surface area contributed by atoms with Crippen molar-refractivity contribution >= 4 is 21.7 Å². The van der Waals surface area contributed by atoms with E-state index in [9.17, 15) is 4.79 Å². The van der Waals surface area contributed by atoms with Gasteiger partial charge in [-0.05, 0) is 18.2 Å². The Morgan fingerprint density at radius 3 is 2.78 bits per heavy atom. The summed E-state index contributed by atoms with van der Waals surface area (Å²) in [4.78, 5) is 20.6. The first kappa shape index (κ1) is 11.3. The number of aryl methyl sites for hydroxylation is 1. The van der Waals surface area contributed by atoms with Crippen molar-refractivity contribution in [2.45, 2.75) is 0 Å². The second-order valence-electron chi connectivity index (χ2n) is 3.98. The molecule has 0 radical (unpaired) electrons. The number of carbonyl (C=O) groups excluding carboxylic acids is 1. The second-order valence-corrected chi connectivity index (χ2v) is 4.89. The Bertz CT molecular complexity index is 748. The van der Waals surface area contributed by atoms with Gasteiger partial charge in [0.05, 0.1) is 0 Å². The molecule has 1 aliphatic carbocycles. The molecule has 0 spiro atoms. The normalized spacial score (nSPS) is 13.7. The number of benzene rings is 1. The maximum absolute atomic E-state index is 12.2. The van der Waals surface area contributed by atoms with Crippen molar-refractivity contribution < 1.29 is 4.79 Å². The van der Waals surface area contributed by atoms with E-state index in [0.29, 0.717) is 22.6 Å².